The zero-order valence-corrected chi connectivity index (χ0v) is 11.2. The molecular weight excluding hydrogens is 250 g/mol. The number of nitriles is 1. The summed E-state index contributed by atoms with van der Waals surface area (Å²) in [6, 6.07) is 9.54. The molecule has 0 bridgehead atoms. The van der Waals surface area contributed by atoms with Crippen LogP contribution in [0.5, 0.6) is 0 Å². The molecule has 20 heavy (non-hydrogen) atoms. The van der Waals surface area contributed by atoms with Crippen LogP contribution in [-0.4, -0.2) is 10.8 Å². The second-order valence-corrected chi connectivity index (χ2v) is 4.19. The zero-order chi connectivity index (χ0) is 14.4. The Balaban J connectivity index is 2.48. The van der Waals surface area contributed by atoms with Gasteiger partial charge >= 0.3 is 0 Å². The molecule has 2 aromatic rings. The molecule has 0 unspecified atom stereocenters. The molecule has 0 fully saturated rings. The van der Waals surface area contributed by atoms with Crippen LogP contribution >= 0.6 is 0 Å². The third-order valence-electron chi connectivity index (χ3n) is 2.81. The number of amidine groups is 1. The summed E-state index contributed by atoms with van der Waals surface area (Å²) in [4.78, 5) is 8.53. The van der Waals surface area contributed by atoms with Crippen LogP contribution in [0.2, 0.25) is 0 Å². The van der Waals surface area contributed by atoms with E-state index in [-0.39, 0.29) is 0 Å². The van der Waals surface area contributed by atoms with Gasteiger partial charge in [0.15, 0.2) is 6.19 Å². The molecule has 100 valence electrons. The first-order valence-electron chi connectivity index (χ1n) is 6.27. The molecule has 0 aliphatic carbocycles. The molecule has 1 aromatic carbocycles. The molecule has 0 aliphatic heterocycles. The monoisotopic (exact) mass is 265 g/mol. The topological polar surface area (TPSA) is 87.1 Å². The van der Waals surface area contributed by atoms with Crippen LogP contribution in [0.15, 0.2) is 47.7 Å². The number of aliphatic imine (C=N–C) groups is 1. The van der Waals surface area contributed by atoms with Crippen LogP contribution in [0, 0.1) is 11.5 Å². The van der Waals surface area contributed by atoms with Gasteiger partial charge < -0.3 is 5.73 Å². The summed E-state index contributed by atoms with van der Waals surface area (Å²) in [6.45, 7) is 2.06. The van der Waals surface area contributed by atoms with Gasteiger partial charge in [-0.3, -0.25) is 10.3 Å². The van der Waals surface area contributed by atoms with E-state index in [4.69, 9.17) is 11.0 Å². The fourth-order valence-corrected chi connectivity index (χ4v) is 1.84. The second kappa shape index (κ2) is 6.34. The molecule has 0 saturated carbocycles. The Morgan fingerprint density at radius 3 is 2.90 bits per heavy atom. The minimum absolute atomic E-state index is 0.438. The van der Waals surface area contributed by atoms with E-state index in [9.17, 15) is 0 Å². The average molecular weight is 265 g/mol. The summed E-state index contributed by atoms with van der Waals surface area (Å²) in [5.41, 5.74) is 8.86. The second-order valence-electron chi connectivity index (χ2n) is 4.19. The maximum absolute atomic E-state index is 8.88. The van der Waals surface area contributed by atoms with Crippen molar-refractivity contribution in [2.75, 3.05) is 5.73 Å². The summed E-state index contributed by atoms with van der Waals surface area (Å²) in [7, 11) is 0. The number of aromatic nitrogens is 1. The smallest absolute Gasteiger partial charge is 0.182 e. The highest BCUT2D eigenvalue weighted by Gasteiger charge is 2.06. The Hall–Kier alpha value is -2.87. The van der Waals surface area contributed by atoms with E-state index >= 15 is 0 Å². The van der Waals surface area contributed by atoms with E-state index < -0.39 is 0 Å². The number of hydrogen-bond donors (Lipinski definition) is 2. The minimum Gasteiger partial charge on any atom is -0.397 e. The lowest BCUT2D eigenvalue weighted by Gasteiger charge is -2.07. The molecule has 3 N–H and O–H groups in total. The summed E-state index contributed by atoms with van der Waals surface area (Å²) in [5, 5.41) is 11.5. The lowest BCUT2D eigenvalue weighted by atomic mass is 10.1. The highest BCUT2D eigenvalue weighted by atomic mass is 15.0. The summed E-state index contributed by atoms with van der Waals surface area (Å²) < 4.78 is 0. The van der Waals surface area contributed by atoms with Crippen LogP contribution in [0.1, 0.15) is 18.1 Å². The van der Waals surface area contributed by atoms with Gasteiger partial charge in [0.1, 0.15) is 5.84 Å². The van der Waals surface area contributed by atoms with Gasteiger partial charge in [-0.2, -0.15) is 5.26 Å². The lowest BCUT2D eigenvalue weighted by Crippen LogP contribution is -2.19. The van der Waals surface area contributed by atoms with E-state index in [1.54, 1.807) is 18.5 Å². The first-order chi connectivity index (χ1) is 9.74. The zero-order valence-electron chi connectivity index (χ0n) is 11.2. The Labute approximate surface area is 117 Å². The fourth-order valence-electron chi connectivity index (χ4n) is 1.84. The third-order valence-corrected chi connectivity index (χ3v) is 2.81. The lowest BCUT2D eigenvalue weighted by molar-refractivity contribution is 1.13. The van der Waals surface area contributed by atoms with Gasteiger partial charge in [0, 0.05) is 18.0 Å². The molecule has 0 amide bonds. The number of pyridine rings is 1. The van der Waals surface area contributed by atoms with Crippen molar-refractivity contribution >= 4 is 17.2 Å². The highest BCUT2D eigenvalue weighted by Crippen LogP contribution is 2.20. The Morgan fingerprint density at radius 2 is 2.20 bits per heavy atom. The van der Waals surface area contributed by atoms with Gasteiger partial charge in [0.05, 0.1) is 11.4 Å². The van der Waals surface area contributed by atoms with Crippen LogP contribution in [-0.2, 0) is 6.42 Å². The van der Waals surface area contributed by atoms with Crippen molar-refractivity contribution in [2.24, 2.45) is 4.99 Å². The third kappa shape index (κ3) is 3.12. The molecule has 1 heterocycles. The number of nitrogens with one attached hydrogen (secondary N) is 1. The number of rotatable bonds is 3. The summed E-state index contributed by atoms with van der Waals surface area (Å²) >= 11 is 0. The number of nitrogens with two attached hydrogens (primary N) is 1. The van der Waals surface area contributed by atoms with Crippen LogP contribution < -0.4 is 11.1 Å². The van der Waals surface area contributed by atoms with Crippen LogP contribution in [0.4, 0.5) is 11.4 Å². The molecular formula is C15H15N5. The molecule has 0 atom stereocenters. The van der Waals surface area contributed by atoms with Gasteiger partial charge in [0.2, 0.25) is 0 Å². The number of aryl methyl sites for hydroxylation is 1. The maximum Gasteiger partial charge on any atom is 0.182 e. The largest absolute Gasteiger partial charge is 0.397 e. The van der Waals surface area contributed by atoms with Crippen molar-refractivity contribution in [2.45, 2.75) is 13.3 Å². The Bertz CT molecular complexity index is 670. The van der Waals surface area contributed by atoms with E-state index in [0.29, 0.717) is 17.1 Å². The van der Waals surface area contributed by atoms with E-state index in [1.807, 2.05) is 30.5 Å². The molecule has 0 saturated heterocycles. The number of para-hydroxylation sites is 1. The van der Waals surface area contributed by atoms with Gasteiger partial charge in [-0.05, 0) is 24.1 Å². The maximum atomic E-state index is 8.88. The van der Waals surface area contributed by atoms with Crippen molar-refractivity contribution in [1.29, 1.82) is 5.26 Å². The van der Waals surface area contributed by atoms with Gasteiger partial charge in [0.25, 0.3) is 0 Å². The first-order valence-corrected chi connectivity index (χ1v) is 6.27. The molecule has 2 rings (SSSR count). The SMILES string of the molecule is CCc1ccccc1N=C(NC#N)c1cncc(N)c1. The predicted octanol–water partition coefficient (Wildman–Crippen LogP) is 2.38. The average Bonchev–Trinajstić information content (AvgIpc) is 2.47. The minimum atomic E-state index is 0.438. The van der Waals surface area contributed by atoms with Crippen molar-refractivity contribution in [3.05, 3.63) is 53.9 Å². The molecule has 0 aliphatic rings. The van der Waals surface area contributed by atoms with Crippen LogP contribution in [0.25, 0.3) is 0 Å². The normalized spacial score (nSPS) is 10.9. The Kier molecular flexibility index (Phi) is 4.30. The number of nitrogens with zero attached hydrogens (tertiary/aromatic N) is 3. The quantitative estimate of drug-likeness (QED) is 0.386. The van der Waals surface area contributed by atoms with Crippen LogP contribution in [0.3, 0.4) is 0 Å². The van der Waals surface area contributed by atoms with Crippen molar-refractivity contribution < 1.29 is 0 Å². The van der Waals surface area contributed by atoms with Gasteiger partial charge in [-0.1, -0.05) is 25.1 Å². The van der Waals surface area contributed by atoms with Gasteiger partial charge in [-0.25, -0.2) is 4.99 Å². The van der Waals surface area contributed by atoms with Crippen molar-refractivity contribution in [3.8, 4) is 6.19 Å². The van der Waals surface area contributed by atoms with Gasteiger partial charge in [-0.15, -0.1) is 0 Å². The fraction of sp³-hybridized carbons (Fsp3) is 0.133. The number of benzene rings is 1. The molecule has 0 spiro atoms. The molecule has 1 aromatic heterocycles. The summed E-state index contributed by atoms with van der Waals surface area (Å²) in [6.07, 6.45) is 5.93. The molecule has 5 nitrogen and oxygen atoms in total. The predicted molar refractivity (Wildman–Crippen MR) is 79.4 cm³/mol. The Morgan fingerprint density at radius 1 is 1.40 bits per heavy atom. The number of hydrogen-bond acceptors (Lipinski definition) is 4. The molecule has 0 radical (unpaired) electrons. The number of nitrogen functional groups attached to an aromatic ring is 1. The number of anilines is 1. The molecule has 5 heteroatoms. The standard InChI is InChI=1S/C15H15N5/c1-2-11-5-3-4-6-14(11)20-15(19-10-16)12-7-13(17)9-18-8-12/h3-9H,2,17H2,1H3,(H,19,20). The van der Waals surface area contributed by atoms with Crippen molar-refractivity contribution in [3.63, 3.8) is 0 Å². The van der Waals surface area contributed by atoms with E-state index in [2.05, 4.69) is 22.2 Å². The van der Waals surface area contributed by atoms with Crippen molar-refractivity contribution in [1.82, 2.24) is 10.3 Å². The van der Waals surface area contributed by atoms with E-state index in [1.165, 1.54) is 0 Å². The summed E-state index contributed by atoms with van der Waals surface area (Å²) in [5.74, 6) is 0.438. The van der Waals surface area contributed by atoms with E-state index in [0.717, 1.165) is 17.7 Å². The highest BCUT2D eigenvalue weighted by molar-refractivity contribution is 6.01. The first kappa shape index (κ1) is 13.6.